The number of rotatable bonds is 1. The van der Waals surface area contributed by atoms with Crippen LogP contribution in [0.5, 0.6) is 0 Å². The molecule has 1 aliphatic carbocycles. The third-order valence-corrected chi connectivity index (χ3v) is 4.00. The first kappa shape index (κ1) is 11.7. The van der Waals surface area contributed by atoms with Crippen molar-refractivity contribution in [3.05, 3.63) is 0 Å². The molecule has 0 radical (unpaired) electrons. The summed E-state index contributed by atoms with van der Waals surface area (Å²) in [5.41, 5.74) is -0.0443. The van der Waals surface area contributed by atoms with Crippen LogP contribution in [0.3, 0.4) is 0 Å². The van der Waals surface area contributed by atoms with Crippen LogP contribution in [0.4, 0.5) is 0 Å². The Labute approximate surface area is 88.3 Å². The molecule has 2 unspecified atom stereocenters. The van der Waals surface area contributed by atoms with Crippen molar-refractivity contribution in [2.45, 2.75) is 65.2 Å². The molecule has 0 saturated heterocycles. The molecule has 0 aromatic heterocycles. The third-order valence-electron chi connectivity index (χ3n) is 4.00. The lowest BCUT2D eigenvalue weighted by atomic mass is 9.73. The highest BCUT2D eigenvalue weighted by Gasteiger charge is 2.29. The van der Waals surface area contributed by atoms with Gasteiger partial charge in [0.1, 0.15) is 6.29 Å². The molecule has 1 rings (SSSR count). The molecule has 0 aliphatic heterocycles. The molecule has 0 spiro atoms. The maximum atomic E-state index is 11.2. The highest BCUT2D eigenvalue weighted by Crippen LogP contribution is 2.35. The lowest BCUT2D eigenvalue weighted by Gasteiger charge is -2.31. The molecule has 0 N–H and O–H groups in total. The summed E-state index contributed by atoms with van der Waals surface area (Å²) in [7, 11) is 0. The Kier molecular flexibility index (Phi) is 4.64. The summed E-state index contributed by atoms with van der Waals surface area (Å²) in [6.07, 6.45) is 11.5. The number of aldehydes is 1. The Hall–Kier alpha value is -0.330. The quantitative estimate of drug-likeness (QED) is 0.580. The molecule has 0 bridgehead atoms. The minimum absolute atomic E-state index is 0.0443. The fraction of sp³-hybridized carbons (Fsp3) is 0.923. The third kappa shape index (κ3) is 3.11. The Bertz CT molecular complexity index is 176. The fourth-order valence-electron chi connectivity index (χ4n) is 2.41. The molecule has 1 heteroatoms. The van der Waals surface area contributed by atoms with Gasteiger partial charge in [-0.3, -0.25) is 0 Å². The van der Waals surface area contributed by atoms with Crippen LogP contribution in [0.1, 0.15) is 65.2 Å². The summed E-state index contributed by atoms with van der Waals surface area (Å²) in [4.78, 5) is 11.2. The molecule has 0 amide bonds. The van der Waals surface area contributed by atoms with Gasteiger partial charge in [-0.1, -0.05) is 52.4 Å². The maximum absolute atomic E-state index is 11.2. The second-order valence-corrected chi connectivity index (χ2v) is 5.18. The van der Waals surface area contributed by atoms with Crippen LogP contribution in [0.25, 0.3) is 0 Å². The molecule has 0 heterocycles. The van der Waals surface area contributed by atoms with Gasteiger partial charge in [0.25, 0.3) is 0 Å². The van der Waals surface area contributed by atoms with Gasteiger partial charge < -0.3 is 4.79 Å². The van der Waals surface area contributed by atoms with Gasteiger partial charge in [0, 0.05) is 5.41 Å². The first-order chi connectivity index (χ1) is 6.69. The van der Waals surface area contributed by atoms with Gasteiger partial charge >= 0.3 is 0 Å². The van der Waals surface area contributed by atoms with E-state index in [1.807, 2.05) is 0 Å². The van der Waals surface area contributed by atoms with Crippen LogP contribution in [0.2, 0.25) is 0 Å². The zero-order valence-corrected chi connectivity index (χ0v) is 9.72. The second kappa shape index (κ2) is 5.53. The Morgan fingerprint density at radius 1 is 1.07 bits per heavy atom. The lowest BCUT2D eigenvalue weighted by Crippen LogP contribution is -2.27. The number of hydrogen-bond acceptors (Lipinski definition) is 1. The van der Waals surface area contributed by atoms with E-state index >= 15 is 0 Å². The van der Waals surface area contributed by atoms with E-state index in [-0.39, 0.29) is 5.41 Å². The van der Waals surface area contributed by atoms with Crippen molar-refractivity contribution in [3.63, 3.8) is 0 Å². The first-order valence-corrected chi connectivity index (χ1v) is 6.15. The molecular weight excluding hydrogens is 172 g/mol. The SMILES string of the molecule is CC1CCCCCCCCC1(C)C=O. The molecular formula is C13H24O. The molecule has 0 aromatic carbocycles. The minimum Gasteiger partial charge on any atom is -0.303 e. The van der Waals surface area contributed by atoms with E-state index in [4.69, 9.17) is 0 Å². The fourth-order valence-corrected chi connectivity index (χ4v) is 2.41. The highest BCUT2D eigenvalue weighted by atomic mass is 16.1. The monoisotopic (exact) mass is 196 g/mol. The summed E-state index contributed by atoms with van der Waals surface area (Å²) in [5.74, 6) is 0.568. The summed E-state index contributed by atoms with van der Waals surface area (Å²) in [6.45, 7) is 4.39. The molecule has 2 atom stereocenters. The van der Waals surface area contributed by atoms with E-state index in [1.165, 1.54) is 51.2 Å². The minimum atomic E-state index is -0.0443. The van der Waals surface area contributed by atoms with E-state index in [0.29, 0.717) is 5.92 Å². The van der Waals surface area contributed by atoms with Gasteiger partial charge in [-0.05, 0) is 18.8 Å². The summed E-state index contributed by atoms with van der Waals surface area (Å²) in [5, 5.41) is 0. The predicted octanol–water partition coefficient (Wildman–Crippen LogP) is 3.96. The van der Waals surface area contributed by atoms with Crippen molar-refractivity contribution in [1.29, 1.82) is 0 Å². The summed E-state index contributed by atoms with van der Waals surface area (Å²) < 4.78 is 0. The standard InChI is InChI=1S/C13H24O/c1-12-9-7-5-3-4-6-8-10-13(12,2)11-14/h11-12H,3-10H2,1-2H3. The van der Waals surface area contributed by atoms with Crippen LogP contribution < -0.4 is 0 Å². The number of carbonyl (C=O) groups is 1. The van der Waals surface area contributed by atoms with Crippen LogP contribution in [-0.2, 0) is 4.79 Å². The zero-order valence-electron chi connectivity index (χ0n) is 9.72. The normalized spacial score (nSPS) is 36.3. The zero-order chi connectivity index (χ0) is 10.4. The highest BCUT2D eigenvalue weighted by molar-refractivity contribution is 5.59. The van der Waals surface area contributed by atoms with Crippen molar-refractivity contribution in [1.82, 2.24) is 0 Å². The Morgan fingerprint density at radius 3 is 2.29 bits per heavy atom. The Balaban J connectivity index is 2.55. The van der Waals surface area contributed by atoms with E-state index in [0.717, 1.165) is 6.42 Å². The van der Waals surface area contributed by atoms with Gasteiger partial charge in [-0.2, -0.15) is 0 Å². The van der Waals surface area contributed by atoms with Gasteiger partial charge in [-0.15, -0.1) is 0 Å². The van der Waals surface area contributed by atoms with Crippen LogP contribution in [0.15, 0.2) is 0 Å². The van der Waals surface area contributed by atoms with E-state index in [9.17, 15) is 4.79 Å². The summed E-state index contributed by atoms with van der Waals surface area (Å²) in [6, 6.07) is 0. The van der Waals surface area contributed by atoms with E-state index in [1.54, 1.807) is 0 Å². The molecule has 1 fully saturated rings. The Morgan fingerprint density at radius 2 is 1.64 bits per heavy atom. The van der Waals surface area contributed by atoms with Crippen molar-refractivity contribution in [3.8, 4) is 0 Å². The molecule has 14 heavy (non-hydrogen) atoms. The van der Waals surface area contributed by atoms with Crippen molar-refractivity contribution >= 4 is 6.29 Å². The van der Waals surface area contributed by atoms with Gasteiger partial charge in [0.05, 0.1) is 0 Å². The number of carbonyl (C=O) groups excluding carboxylic acids is 1. The maximum Gasteiger partial charge on any atom is 0.126 e. The summed E-state index contributed by atoms with van der Waals surface area (Å²) >= 11 is 0. The molecule has 1 saturated carbocycles. The molecule has 1 aliphatic rings. The average Bonchev–Trinajstić information content (AvgIpc) is 2.20. The second-order valence-electron chi connectivity index (χ2n) is 5.18. The van der Waals surface area contributed by atoms with E-state index in [2.05, 4.69) is 13.8 Å². The first-order valence-electron chi connectivity index (χ1n) is 6.15. The average molecular weight is 196 g/mol. The van der Waals surface area contributed by atoms with Crippen molar-refractivity contribution in [2.24, 2.45) is 11.3 Å². The van der Waals surface area contributed by atoms with Crippen LogP contribution in [0, 0.1) is 11.3 Å². The smallest absolute Gasteiger partial charge is 0.126 e. The predicted molar refractivity (Wildman–Crippen MR) is 60.3 cm³/mol. The molecule has 1 nitrogen and oxygen atoms in total. The van der Waals surface area contributed by atoms with Gasteiger partial charge in [0.2, 0.25) is 0 Å². The topological polar surface area (TPSA) is 17.1 Å². The molecule has 0 aromatic rings. The number of hydrogen-bond donors (Lipinski definition) is 0. The largest absolute Gasteiger partial charge is 0.303 e. The van der Waals surface area contributed by atoms with Crippen LogP contribution in [-0.4, -0.2) is 6.29 Å². The van der Waals surface area contributed by atoms with Gasteiger partial charge in [-0.25, -0.2) is 0 Å². The lowest BCUT2D eigenvalue weighted by molar-refractivity contribution is -0.118. The van der Waals surface area contributed by atoms with Crippen molar-refractivity contribution < 1.29 is 4.79 Å². The van der Waals surface area contributed by atoms with Gasteiger partial charge in [0.15, 0.2) is 0 Å². The molecule has 82 valence electrons. The van der Waals surface area contributed by atoms with E-state index < -0.39 is 0 Å². The van der Waals surface area contributed by atoms with Crippen molar-refractivity contribution in [2.75, 3.05) is 0 Å². The van der Waals surface area contributed by atoms with Crippen LogP contribution >= 0.6 is 0 Å².